The molecule has 3 unspecified atom stereocenters. The molecule has 0 fully saturated rings. The van der Waals surface area contributed by atoms with Gasteiger partial charge in [-0.05, 0) is 56.2 Å². The lowest BCUT2D eigenvalue weighted by molar-refractivity contribution is -0.153. The van der Waals surface area contributed by atoms with Crippen LogP contribution in [0.25, 0.3) is 27.1 Å². The Labute approximate surface area is 227 Å². The Balaban J connectivity index is 1.88. The third-order valence-corrected chi connectivity index (χ3v) is 8.77. The van der Waals surface area contributed by atoms with Gasteiger partial charge in [0.2, 0.25) is 0 Å². The maximum Gasteiger partial charge on any atom is 0.145 e. The van der Waals surface area contributed by atoms with Crippen LogP contribution in [0.1, 0.15) is 66.0 Å². The molecule has 4 aromatic carbocycles. The Morgan fingerprint density at radius 2 is 1.29 bits per heavy atom. The first kappa shape index (κ1) is 26.4. The molecule has 0 amide bonds. The zero-order valence-corrected chi connectivity index (χ0v) is 23.8. The minimum atomic E-state index is -1.37. The highest BCUT2D eigenvalue weighted by atomic mass is 16.3. The maximum atomic E-state index is 14.5. The number of hydrogen-bond acceptors (Lipinski definition) is 2. The molecule has 0 spiro atoms. The van der Waals surface area contributed by atoms with Gasteiger partial charge in [-0.25, -0.2) is 0 Å². The van der Waals surface area contributed by atoms with Crippen LogP contribution in [0.3, 0.4) is 0 Å². The average Bonchev–Trinajstić information content (AvgIpc) is 2.86. The largest absolute Gasteiger partial charge is 0.384 e. The molecule has 0 heterocycles. The van der Waals surface area contributed by atoms with Gasteiger partial charge in [-0.3, -0.25) is 4.79 Å². The van der Waals surface area contributed by atoms with E-state index in [-0.39, 0.29) is 5.78 Å². The van der Waals surface area contributed by atoms with Crippen molar-refractivity contribution in [3.05, 3.63) is 102 Å². The molecule has 0 bridgehead atoms. The monoisotopic (exact) mass is 504 g/mol. The Morgan fingerprint density at radius 3 is 1.89 bits per heavy atom. The predicted molar refractivity (Wildman–Crippen MR) is 160 cm³/mol. The zero-order valence-electron chi connectivity index (χ0n) is 23.8. The van der Waals surface area contributed by atoms with Crippen molar-refractivity contribution >= 4 is 32.9 Å². The number of hydrogen-bond donors (Lipinski definition) is 1. The molecule has 0 aliphatic heterocycles. The van der Waals surface area contributed by atoms with Gasteiger partial charge in [0, 0.05) is 10.8 Å². The predicted octanol–water partition coefficient (Wildman–Crippen LogP) is 8.75. The number of benzene rings is 4. The van der Waals surface area contributed by atoms with Crippen molar-refractivity contribution < 1.29 is 9.90 Å². The summed E-state index contributed by atoms with van der Waals surface area (Å²) in [5.41, 5.74) is 0.126. The van der Waals surface area contributed by atoms with Crippen LogP contribution in [0.4, 0.5) is 0 Å². The summed E-state index contributed by atoms with van der Waals surface area (Å²) in [6, 6.07) is 29.6. The number of carbonyl (C=O) groups excluding carboxylic acids is 1. The number of ketones is 1. The summed E-state index contributed by atoms with van der Waals surface area (Å²) in [5, 5.41) is 17.5. The molecule has 0 saturated heterocycles. The summed E-state index contributed by atoms with van der Waals surface area (Å²) >= 11 is 0. The quantitative estimate of drug-likeness (QED) is 0.303. The van der Waals surface area contributed by atoms with Crippen LogP contribution in [0.5, 0.6) is 0 Å². The van der Waals surface area contributed by atoms with E-state index in [1.165, 1.54) is 10.8 Å². The molecule has 1 aliphatic carbocycles. The second kappa shape index (κ2) is 8.92. The molecule has 1 N–H and O–H groups in total. The summed E-state index contributed by atoms with van der Waals surface area (Å²) in [5.74, 6) is -0.530. The molecule has 2 nitrogen and oxygen atoms in total. The molecule has 0 saturated carbocycles. The lowest BCUT2D eigenvalue weighted by atomic mass is 9.49. The fraction of sp³-hybridized carbons (Fsp3) is 0.361. The van der Waals surface area contributed by atoms with E-state index in [0.29, 0.717) is 6.42 Å². The summed E-state index contributed by atoms with van der Waals surface area (Å²) < 4.78 is 0. The van der Waals surface area contributed by atoms with Crippen LogP contribution < -0.4 is 0 Å². The van der Waals surface area contributed by atoms with E-state index < -0.39 is 27.8 Å². The highest BCUT2D eigenvalue weighted by Crippen LogP contribution is 2.58. The summed E-state index contributed by atoms with van der Waals surface area (Å²) in [4.78, 5) is 14.5. The first-order chi connectivity index (χ1) is 17.8. The van der Waals surface area contributed by atoms with Gasteiger partial charge >= 0.3 is 0 Å². The first-order valence-electron chi connectivity index (χ1n) is 13.7. The van der Waals surface area contributed by atoms with Gasteiger partial charge < -0.3 is 5.11 Å². The van der Waals surface area contributed by atoms with E-state index in [1.807, 2.05) is 26.8 Å². The Morgan fingerprint density at radius 1 is 0.763 bits per heavy atom. The normalized spacial score (nSPS) is 24.4. The first-order valence-corrected chi connectivity index (χ1v) is 13.7. The third-order valence-electron chi connectivity index (χ3n) is 8.77. The van der Waals surface area contributed by atoms with Crippen molar-refractivity contribution in [2.75, 3.05) is 0 Å². The van der Waals surface area contributed by atoms with Crippen LogP contribution in [0, 0.1) is 16.7 Å². The molecule has 5 rings (SSSR count). The Hall–Kier alpha value is -3.23. The molecule has 1 aliphatic rings. The van der Waals surface area contributed by atoms with Gasteiger partial charge in [0.05, 0.1) is 11.5 Å². The Bertz CT molecular complexity index is 1550. The zero-order chi connectivity index (χ0) is 27.5. The number of rotatable bonds is 3. The van der Waals surface area contributed by atoms with E-state index >= 15 is 0 Å². The fourth-order valence-corrected chi connectivity index (χ4v) is 6.61. The van der Waals surface area contributed by atoms with E-state index in [4.69, 9.17) is 0 Å². The number of aliphatic hydroxyl groups is 1. The standard InChI is InChI=1S/C36H40O2/c1-33(2,3)32(37)31-35(7,30-21-13-17-25-15-9-11-19-29(25)30)22-26(23-36(31,38)34(4,5)6)28-20-12-16-24-14-8-10-18-27(24)28/h8-21,23,31,38H,22H2,1-7H3. The molecule has 3 atom stereocenters. The number of Topliss-reactive ketones (excluding diaryl/α,β-unsaturated/α-hetero) is 1. The summed E-state index contributed by atoms with van der Waals surface area (Å²) in [6.07, 6.45) is 2.69. The topological polar surface area (TPSA) is 37.3 Å². The molecule has 196 valence electrons. The number of carbonyl (C=O) groups is 1. The third kappa shape index (κ3) is 4.10. The van der Waals surface area contributed by atoms with E-state index in [9.17, 15) is 9.90 Å². The maximum absolute atomic E-state index is 14.5. The molecule has 0 radical (unpaired) electrons. The molecular weight excluding hydrogens is 464 g/mol. The number of allylic oxidation sites excluding steroid dienone is 1. The molecule has 38 heavy (non-hydrogen) atoms. The van der Waals surface area contributed by atoms with E-state index in [1.54, 1.807) is 0 Å². The molecule has 0 aromatic heterocycles. The van der Waals surface area contributed by atoms with E-state index in [2.05, 4.69) is 113 Å². The second-order valence-electron chi connectivity index (χ2n) is 13.4. The lowest BCUT2D eigenvalue weighted by Crippen LogP contribution is -2.62. The SMILES string of the molecule is CC(C)(C)C(=O)C1C(C)(c2cccc3ccccc23)CC(c2cccc3ccccc23)=CC1(O)C(C)(C)C. The molecular formula is C36H40O2. The van der Waals surface area contributed by atoms with Gasteiger partial charge in [0.25, 0.3) is 0 Å². The van der Waals surface area contributed by atoms with Crippen molar-refractivity contribution in [3.8, 4) is 0 Å². The van der Waals surface area contributed by atoms with Gasteiger partial charge in [0.15, 0.2) is 0 Å². The van der Waals surface area contributed by atoms with Gasteiger partial charge in [0.1, 0.15) is 5.78 Å². The van der Waals surface area contributed by atoms with Gasteiger partial charge in [-0.1, -0.05) is 133 Å². The summed E-state index contributed by atoms with van der Waals surface area (Å²) in [7, 11) is 0. The van der Waals surface area contributed by atoms with Crippen LogP contribution in [-0.2, 0) is 10.2 Å². The second-order valence-corrected chi connectivity index (χ2v) is 13.4. The summed E-state index contributed by atoms with van der Waals surface area (Å²) in [6.45, 7) is 14.3. The van der Waals surface area contributed by atoms with Crippen molar-refractivity contribution in [2.24, 2.45) is 16.7 Å². The fourth-order valence-electron chi connectivity index (χ4n) is 6.61. The van der Waals surface area contributed by atoms with Crippen molar-refractivity contribution in [1.29, 1.82) is 0 Å². The lowest BCUT2D eigenvalue weighted by Gasteiger charge is -2.55. The van der Waals surface area contributed by atoms with Crippen LogP contribution in [0.2, 0.25) is 0 Å². The van der Waals surface area contributed by atoms with Crippen molar-refractivity contribution in [3.63, 3.8) is 0 Å². The molecule has 2 heteroatoms. The van der Waals surface area contributed by atoms with Crippen LogP contribution in [0.15, 0.2) is 91.0 Å². The Kier molecular flexibility index (Phi) is 6.19. The van der Waals surface area contributed by atoms with E-state index in [0.717, 1.165) is 27.5 Å². The smallest absolute Gasteiger partial charge is 0.145 e. The highest BCUT2D eigenvalue weighted by molar-refractivity contribution is 5.98. The van der Waals surface area contributed by atoms with Crippen molar-refractivity contribution in [1.82, 2.24) is 0 Å². The average molecular weight is 505 g/mol. The minimum Gasteiger partial charge on any atom is -0.384 e. The van der Waals surface area contributed by atoms with Crippen molar-refractivity contribution in [2.45, 2.75) is 65.9 Å². The molecule has 4 aromatic rings. The van der Waals surface area contributed by atoms with Gasteiger partial charge in [-0.15, -0.1) is 0 Å². The minimum absolute atomic E-state index is 0.0959. The van der Waals surface area contributed by atoms with Crippen LogP contribution >= 0.6 is 0 Å². The highest BCUT2D eigenvalue weighted by Gasteiger charge is 2.60. The van der Waals surface area contributed by atoms with Crippen LogP contribution in [-0.4, -0.2) is 16.5 Å². The number of fused-ring (bicyclic) bond motifs is 2. The van der Waals surface area contributed by atoms with Gasteiger partial charge in [-0.2, -0.15) is 0 Å².